The van der Waals surface area contributed by atoms with Crippen LogP contribution in [-0.2, 0) is 6.18 Å². The van der Waals surface area contributed by atoms with Crippen molar-refractivity contribution in [2.24, 2.45) is 0 Å². The molecule has 2 aromatic rings. The highest BCUT2D eigenvalue weighted by atomic mass is 19.4. The van der Waals surface area contributed by atoms with Gasteiger partial charge >= 0.3 is 6.18 Å². The fourth-order valence-corrected chi connectivity index (χ4v) is 4.11. The molecule has 2 atom stereocenters. The van der Waals surface area contributed by atoms with Crippen molar-refractivity contribution < 1.29 is 22.8 Å². The average Bonchev–Trinajstić information content (AvgIpc) is 3.28. The summed E-state index contributed by atoms with van der Waals surface area (Å²) in [7, 11) is 2.10. The Labute approximate surface area is 160 Å². The van der Waals surface area contributed by atoms with E-state index in [0.717, 1.165) is 38.1 Å². The lowest BCUT2D eigenvalue weighted by Crippen LogP contribution is -2.43. The van der Waals surface area contributed by atoms with E-state index in [-0.39, 0.29) is 11.9 Å². The van der Waals surface area contributed by atoms with Crippen molar-refractivity contribution in [1.82, 2.24) is 19.9 Å². The van der Waals surface area contributed by atoms with Crippen molar-refractivity contribution in [1.29, 1.82) is 0 Å². The van der Waals surface area contributed by atoms with Gasteiger partial charge in [-0.1, -0.05) is 17.3 Å². The summed E-state index contributed by atoms with van der Waals surface area (Å²) in [6, 6.07) is 4.88. The van der Waals surface area contributed by atoms with Crippen LogP contribution in [0.3, 0.4) is 0 Å². The second-order valence-electron chi connectivity index (χ2n) is 7.67. The van der Waals surface area contributed by atoms with E-state index >= 15 is 0 Å². The van der Waals surface area contributed by atoms with Gasteiger partial charge in [-0.15, -0.1) is 0 Å². The van der Waals surface area contributed by atoms with E-state index in [1.165, 1.54) is 12.1 Å². The molecule has 0 spiro atoms. The number of halogens is 3. The maximum absolute atomic E-state index is 12.7. The second-order valence-corrected chi connectivity index (χ2v) is 7.67. The van der Waals surface area contributed by atoms with Crippen molar-refractivity contribution >= 4 is 0 Å². The molecule has 3 heterocycles. The molecule has 152 valence electrons. The number of alkyl halides is 3. The largest absolute Gasteiger partial charge is 0.416 e. The number of piperidine rings is 1. The molecule has 1 aromatic carbocycles. The number of nitrogens with zero attached hydrogens (tertiary/aromatic N) is 4. The van der Waals surface area contributed by atoms with Crippen LogP contribution in [0.5, 0.6) is 0 Å². The van der Waals surface area contributed by atoms with Gasteiger partial charge in [-0.05, 0) is 51.5 Å². The standard InChI is InChI=1S/C19H23F3N4O2/c1-25-8-6-14(7-9-25)26-11-15(27)10-16(26)18-23-17(24-28-18)12-2-4-13(5-3-12)19(20,21)22/h2-5,14-16,27H,6-11H2,1H3/t15-,16+/m1/s1. The van der Waals surface area contributed by atoms with Gasteiger partial charge in [0.2, 0.25) is 11.7 Å². The Morgan fingerprint density at radius 3 is 2.46 bits per heavy atom. The summed E-state index contributed by atoms with van der Waals surface area (Å²) in [5, 5.41) is 14.2. The second kappa shape index (κ2) is 7.46. The number of β-amino-alcohol motifs (C(OH)–C–C–N with tert-alkyl or cyclic N) is 1. The molecule has 0 saturated carbocycles. The molecule has 1 aromatic heterocycles. The fourth-order valence-electron chi connectivity index (χ4n) is 4.11. The molecule has 0 radical (unpaired) electrons. The molecule has 2 aliphatic heterocycles. The highest BCUT2D eigenvalue weighted by molar-refractivity contribution is 5.54. The third kappa shape index (κ3) is 3.92. The molecule has 28 heavy (non-hydrogen) atoms. The van der Waals surface area contributed by atoms with E-state index in [0.29, 0.717) is 30.5 Å². The van der Waals surface area contributed by atoms with Crippen LogP contribution in [0.1, 0.15) is 36.8 Å². The Hall–Kier alpha value is -1.97. The highest BCUT2D eigenvalue weighted by Gasteiger charge is 2.40. The fraction of sp³-hybridized carbons (Fsp3) is 0.579. The Morgan fingerprint density at radius 1 is 1.14 bits per heavy atom. The summed E-state index contributed by atoms with van der Waals surface area (Å²) in [6.45, 7) is 2.58. The maximum atomic E-state index is 12.7. The molecular formula is C19H23F3N4O2. The van der Waals surface area contributed by atoms with E-state index in [2.05, 4.69) is 27.0 Å². The number of benzene rings is 1. The van der Waals surface area contributed by atoms with E-state index in [4.69, 9.17) is 4.52 Å². The number of rotatable bonds is 3. The zero-order chi connectivity index (χ0) is 19.9. The van der Waals surface area contributed by atoms with Crippen molar-refractivity contribution in [2.75, 3.05) is 26.7 Å². The Morgan fingerprint density at radius 2 is 1.82 bits per heavy atom. The van der Waals surface area contributed by atoms with Gasteiger partial charge in [0.05, 0.1) is 17.7 Å². The van der Waals surface area contributed by atoms with Crippen LogP contribution in [0.4, 0.5) is 13.2 Å². The number of aliphatic hydroxyl groups excluding tert-OH is 1. The summed E-state index contributed by atoms with van der Waals surface area (Å²) < 4.78 is 43.6. The predicted octanol–water partition coefficient (Wildman–Crippen LogP) is 2.96. The van der Waals surface area contributed by atoms with Gasteiger partial charge < -0.3 is 14.5 Å². The smallest absolute Gasteiger partial charge is 0.392 e. The maximum Gasteiger partial charge on any atom is 0.416 e. The predicted molar refractivity (Wildman–Crippen MR) is 95.3 cm³/mol. The van der Waals surface area contributed by atoms with Gasteiger partial charge in [-0.3, -0.25) is 4.90 Å². The molecule has 2 fully saturated rings. The summed E-state index contributed by atoms with van der Waals surface area (Å²) in [4.78, 5) is 8.95. The Bertz CT molecular complexity index is 800. The van der Waals surface area contributed by atoms with Crippen LogP contribution in [0.15, 0.2) is 28.8 Å². The first-order chi connectivity index (χ1) is 13.3. The van der Waals surface area contributed by atoms with Gasteiger partial charge in [0.1, 0.15) is 0 Å². The number of hydrogen-bond acceptors (Lipinski definition) is 6. The van der Waals surface area contributed by atoms with Gasteiger partial charge in [-0.25, -0.2) is 0 Å². The first-order valence-electron chi connectivity index (χ1n) is 9.45. The van der Waals surface area contributed by atoms with Crippen LogP contribution >= 0.6 is 0 Å². The number of likely N-dealkylation sites (tertiary alicyclic amines) is 2. The summed E-state index contributed by atoms with van der Waals surface area (Å²) >= 11 is 0. The van der Waals surface area contributed by atoms with Crippen LogP contribution in [-0.4, -0.2) is 63.9 Å². The van der Waals surface area contributed by atoms with E-state index in [1.807, 2.05) is 0 Å². The summed E-state index contributed by atoms with van der Waals surface area (Å²) in [6.07, 6.45) is -2.29. The Kier molecular flexibility index (Phi) is 5.15. The molecule has 6 nitrogen and oxygen atoms in total. The Balaban J connectivity index is 1.52. The monoisotopic (exact) mass is 396 g/mol. The first kappa shape index (κ1) is 19.4. The molecular weight excluding hydrogens is 373 g/mol. The average molecular weight is 396 g/mol. The minimum atomic E-state index is -4.38. The van der Waals surface area contributed by atoms with Gasteiger partial charge in [-0.2, -0.15) is 18.2 Å². The normalized spacial score (nSPS) is 25.5. The lowest BCUT2D eigenvalue weighted by molar-refractivity contribution is -0.137. The molecule has 1 N–H and O–H groups in total. The third-order valence-electron chi connectivity index (χ3n) is 5.67. The van der Waals surface area contributed by atoms with Crippen molar-refractivity contribution in [3.05, 3.63) is 35.7 Å². The van der Waals surface area contributed by atoms with E-state index in [9.17, 15) is 18.3 Å². The SMILES string of the molecule is CN1CCC(N2C[C@H](O)C[C@H]2c2nc(-c3ccc(C(F)(F)F)cc3)no2)CC1. The number of hydrogen-bond donors (Lipinski definition) is 1. The first-order valence-corrected chi connectivity index (χ1v) is 9.45. The molecule has 0 aliphatic carbocycles. The minimum Gasteiger partial charge on any atom is -0.392 e. The van der Waals surface area contributed by atoms with Gasteiger partial charge in [0.15, 0.2) is 0 Å². The van der Waals surface area contributed by atoms with Crippen LogP contribution < -0.4 is 0 Å². The molecule has 4 rings (SSSR count). The number of aromatic nitrogens is 2. The lowest BCUT2D eigenvalue weighted by Gasteiger charge is -2.37. The highest BCUT2D eigenvalue weighted by Crippen LogP contribution is 2.36. The molecule has 0 bridgehead atoms. The van der Waals surface area contributed by atoms with Crippen LogP contribution in [0, 0.1) is 0 Å². The van der Waals surface area contributed by atoms with Crippen molar-refractivity contribution in [2.45, 2.75) is 43.6 Å². The zero-order valence-electron chi connectivity index (χ0n) is 15.6. The quantitative estimate of drug-likeness (QED) is 0.861. The summed E-state index contributed by atoms with van der Waals surface area (Å²) in [5.41, 5.74) is -0.250. The zero-order valence-corrected chi connectivity index (χ0v) is 15.6. The van der Waals surface area contributed by atoms with Crippen LogP contribution in [0.2, 0.25) is 0 Å². The lowest BCUT2D eigenvalue weighted by atomic mass is 10.0. The van der Waals surface area contributed by atoms with Crippen LogP contribution in [0.25, 0.3) is 11.4 Å². The van der Waals surface area contributed by atoms with Crippen molar-refractivity contribution in [3.8, 4) is 11.4 Å². The van der Waals surface area contributed by atoms with E-state index in [1.54, 1.807) is 0 Å². The molecule has 2 saturated heterocycles. The third-order valence-corrected chi connectivity index (χ3v) is 5.67. The molecule has 2 aliphatic rings. The van der Waals surface area contributed by atoms with Gasteiger partial charge in [0.25, 0.3) is 0 Å². The van der Waals surface area contributed by atoms with Gasteiger partial charge in [0, 0.05) is 18.2 Å². The van der Waals surface area contributed by atoms with Crippen molar-refractivity contribution in [3.63, 3.8) is 0 Å². The molecule has 0 amide bonds. The topological polar surface area (TPSA) is 65.6 Å². The minimum absolute atomic E-state index is 0.167. The number of aliphatic hydroxyl groups is 1. The molecule has 0 unspecified atom stereocenters. The molecule has 9 heteroatoms. The van der Waals surface area contributed by atoms with E-state index < -0.39 is 17.8 Å². The summed E-state index contributed by atoms with van der Waals surface area (Å²) in [5.74, 6) is 0.666.